The van der Waals surface area contributed by atoms with E-state index in [1.807, 2.05) is 0 Å². The van der Waals surface area contributed by atoms with E-state index in [2.05, 4.69) is 11.3 Å². The molecule has 1 aliphatic rings. The molecule has 17 heavy (non-hydrogen) atoms. The quantitative estimate of drug-likeness (QED) is 0.592. The number of rotatable bonds is 3. The second-order valence-electron chi connectivity index (χ2n) is 3.71. The maximum absolute atomic E-state index is 11.5. The molecule has 0 saturated carbocycles. The number of hydrogen-bond acceptors (Lipinski definition) is 4. The highest BCUT2D eigenvalue weighted by molar-refractivity contribution is 5.97. The van der Waals surface area contributed by atoms with Gasteiger partial charge in [0.1, 0.15) is 6.10 Å². The van der Waals surface area contributed by atoms with Gasteiger partial charge in [-0.25, -0.2) is 9.59 Å². The summed E-state index contributed by atoms with van der Waals surface area (Å²) in [4.78, 5) is 22.9. The van der Waals surface area contributed by atoms with Crippen molar-refractivity contribution >= 4 is 11.9 Å². The first-order valence-corrected chi connectivity index (χ1v) is 5.21. The lowest BCUT2D eigenvalue weighted by atomic mass is 10.00. The molecule has 0 radical (unpaired) electrons. The Hall–Kier alpha value is -2.10. The van der Waals surface area contributed by atoms with Gasteiger partial charge in [-0.2, -0.15) is 0 Å². The van der Waals surface area contributed by atoms with Crippen LogP contribution in [0.15, 0.2) is 30.9 Å². The van der Waals surface area contributed by atoms with Crippen LogP contribution in [0.1, 0.15) is 38.8 Å². The molecule has 1 atom stereocenters. The number of hydrogen-bond donors (Lipinski definition) is 0. The summed E-state index contributed by atoms with van der Waals surface area (Å²) in [5.74, 6) is -0.784. The fourth-order valence-corrected chi connectivity index (χ4v) is 1.84. The molecule has 4 heteroatoms. The van der Waals surface area contributed by atoms with Gasteiger partial charge >= 0.3 is 11.9 Å². The largest absolute Gasteiger partial charge is 0.465 e. The van der Waals surface area contributed by atoms with Gasteiger partial charge in [0, 0.05) is 12.0 Å². The molecular weight excluding hydrogens is 220 g/mol. The van der Waals surface area contributed by atoms with Gasteiger partial charge in [-0.05, 0) is 18.2 Å². The summed E-state index contributed by atoms with van der Waals surface area (Å²) in [6, 6.07) is 4.79. The van der Waals surface area contributed by atoms with E-state index >= 15 is 0 Å². The van der Waals surface area contributed by atoms with E-state index in [1.54, 1.807) is 24.3 Å². The fourth-order valence-electron chi connectivity index (χ4n) is 1.84. The molecule has 0 unspecified atom stereocenters. The second-order valence-corrected chi connectivity index (χ2v) is 3.71. The van der Waals surface area contributed by atoms with Crippen LogP contribution in [-0.2, 0) is 9.47 Å². The number of carbonyl (C=O) groups excluding carboxylic acids is 2. The van der Waals surface area contributed by atoms with Crippen LogP contribution < -0.4 is 0 Å². The molecule has 0 amide bonds. The van der Waals surface area contributed by atoms with Crippen LogP contribution in [-0.4, -0.2) is 19.0 Å². The molecule has 1 aromatic rings. The Kier molecular flexibility index (Phi) is 2.95. The van der Waals surface area contributed by atoms with Crippen LogP contribution in [0.3, 0.4) is 0 Å². The molecule has 0 spiro atoms. The van der Waals surface area contributed by atoms with Gasteiger partial charge in [0.2, 0.25) is 0 Å². The Bertz CT molecular complexity index is 490. The molecule has 1 aliphatic heterocycles. The summed E-state index contributed by atoms with van der Waals surface area (Å²) >= 11 is 0. The summed E-state index contributed by atoms with van der Waals surface area (Å²) < 4.78 is 9.81. The number of methoxy groups -OCH3 is 1. The maximum atomic E-state index is 11.5. The van der Waals surface area contributed by atoms with Gasteiger partial charge in [-0.15, -0.1) is 6.58 Å². The minimum Gasteiger partial charge on any atom is -0.465 e. The smallest absolute Gasteiger partial charge is 0.339 e. The van der Waals surface area contributed by atoms with Gasteiger partial charge in [-0.3, -0.25) is 0 Å². The molecule has 88 valence electrons. The number of carbonyl (C=O) groups is 2. The molecule has 0 aliphatic carbocycles. The van der Waals surface area contributed by atoms with Crippen LogP contribution in [0.4, 0.5) is 0 Å². The number of ether oxygens (including phenoxy) is 2. The normalized spacial score (nSPS) is 17.2. The SMILES string of the molecule is C=CC[C@@H]1OC(=O)c2ccc(C(=O)OC)cc21. The highest BCUT2D eigenvalue weighted by atomic mass is 16.5. The predicted molar refractivity (Wildman–Crippen MR) is 60.8 cm³/mol. The third kappa shape index (κ3) is 1.93. The highest BCUT2D eigenvalue weighted by Gasteiger charge is 2.30. The third-order valence-electron chi connectivity index (χ3n) is 2.67. The van der Waals surface area contributed by atoms with Crippen molar-refractivity contribution in [2.24, 2.45) is 0 Å². The maximum Gasteiger partial charge on any atom is 0.339 e. The Morgan fingerprint density at radius 3 is 3.00 bits per heavy atom. The monoisotopic (exact) mass is 232 g/mol. The average molecular weight is 232 g/mol. The lowest BCUT2D eigenvalue weighted by Crippen LogP contribution is -2.03. The fraction of sp³-hybridized carbons (Fsp3) is 0.231. The molecule has 1 aromatic carbocycles. The van der Waals surface area contributed by atoms with Crippen molar-refractivity contribution in [3.05, 3.63) is 47.5 Å². The highest BCUT2D eigenvalue weighted by Crippen LogP contribution is 2.33. The Labute approximate surface area is 98.8 Å². The van der Waals surface area contributed by atoms with Crippen LogP contribution >= 0.6 is 0 Å². The molecule has 0 fully saturated rings. The zero-order chi connectivity index (χ0) is 12.4. The van der Waals surface area contributed by atoms with Crippen LogP contribution in [0.5, 0.6) is 0 Å². The Morgan fingerprint density at radius 2 is 2.35 bits per heavy atom. The molecule has 0 aromatic heterocycles. The van der Waals surface area contributed by atoms with E-state index < -0.39 is 5.97 Å². The van der Waals surface area contributed by atoms with Crippen molar-refractivity contribution in [1.82, 2.24) is 0 Å². The van der Waals surface area contributed by atoms with Crippen molar-refractivity contribution < 1.29 is 19.1 Å². The molecule has 4 nitrogen and oxygen atoms in total. The minimum atomic E-state index is -0.426. The summed E-state index contributed by atoms with van der Waals surface area (Å²) in [5, 5.41) is 0. The summed E-state index contributed by atoms with van der Waals surface area (Å²) in [6.45, 7) is 3.61. The van der Waals surface area contributed by atoms with Gasteiger partial charge in [0.05, 0.1) is 18.2 Å². The predicted octanol–water partition coefficient (Wildman–Crippen LogP) is 2.26. The van der Waals surface area contributed by atoms with Crippen molar-refractivity contribution in [3.8, 4) is 0 Å². The minimum absolute atomic E-state index is 0.348. The van der Waals surface area contributed by atoms with E-state index in [0.717, 1.165) is 5.56 Å². The lowest BCUT2D eigenvalue weighted by molar-refractivity contribution is 0.0392. The zero-order valence-corrected chi connectivity index (χ0v) is 9.43. The standard InChI is InChI=1S/C13H12O4/c1-3-4-11-10-7-8(12(14)16-2)5-6-9(10)13(15)17-11/h3,5-7,11H,1,4H2,2H3/t11-/m0/s1. The number of fused-ring (bicyclic) bond motifs is 1. The number of cyclic esters (lactones) is 1. The number of esters is 2. The molecule has 0 saturated heterocycles. The lowest BCUT2D eigenvalue weighted by Gasteiger charge is -2.07. The van der Waals surface area contributed by atoms with Crippen molar-refractivity contribution in [1.29, 1.82) is 0 Å². The molecule has 1 heterocycles. The van der Waals surface area contributed by atoms with Crippen LogP contribution in [0.25, 0.3) is 0 Å². The van der Waals surface area contributed by atoms with E-state index in [-0.39, 0.29) is 12.1 Å². The van der Waals surface area contributed by atoms with Crippen molar-refractivity contribution in [3.63, 3.8) is 0 Å². The van der Waals surface area contributed by atoms with Gasteiger partial charge in [-0.1, -0.05) is 6.08 Å². The first-order valence-electron chi connectivity index (χ1n) is 5.21. The van der Waals surface area contributed by atoms with Crippen molar-refractivity contribution in [2.45, 2.75) is 12.5 Å². The van der Waals surface area contributed by atoms with Crippen LogP contribution in [0.2, 0.25) is 0 Å². The van der Waals surface area contributed by atoms with E-state index in [4.69, 9.17) is 4.74 Å². The first kappa shape index (κ1) is 11.4. The first-order chi connectivity index (χ1) is 8.17. The van der Waals surface area contributed by atoms with Gasteiger partial charge in [0.25, 0.3) is 0 Å². The van der Waals surface area contributed by atoms with E-state index in [1.165, 1.54) is 7.11 Å². The average Bonchev–Trinajstić information content (AvgIpc) is 2.65. The molecule has 0 bridgehead atoms. The molecular formula is C13H12O4. The topological polar surface area (TPSA) is 52.6 Å². The Balaban J connectivity index is 2.42. The van der Waals surface area contributed by atoms with Crippen molar-refractivity contribution in [2.75, 3.05) is 7.11 Å². The molecule has 0 N–H and O–H groups in total. The second kappa shape index (κ2) is 4.41. The van der Waals surface area contributed by atoms with Crippen LogP contribution in [0, 0.1) is 0 Å². The Morgan fingerprint density at radius 1 is 1.59 bits per heavy atom. The van der Waals surface area contributed by atoms with E-state index in [9.17, 15) is 9.59 Å². The molecule has 2 rings (SSSR count). The van der Waals surface area contributed by atoms with Gasteiger partial charge in [0.15, 0.2) is 0 Å². The van der Waals surface area contributed by atoms with E-state index in [0.29, 0.717) is 17.5 Å². The zero-order valence-electron chi connectivity index (χ0n) is 9.43. The summed E-state index contributed by atoms with van der Waals surface area (Å²) in [5.41, 5.74) is 1.64. The summed E-state index contributed by atoms with van der Waals surface area (Å²) in [6.07, 6.45) is 1.86. The van der Waals surface area contributed by atoms with Gasteiger partial charge < -0.3 is 9.47 Å². The summed E-state index contributed by atoms with van der Waals surface area (Å²) in [7, 11) is 1.32. The number of benzene rings is 1. The third-order valence-corrected chi connectivity index (χ3v) is 2.67.